The van der Waals surface area contributed by atoms with Crippen LogP contribution in [0.3, 0.4) is 0 Å². The van der Waals surface area contributed by atoms with Crippen molar-refractivity contribution in [2.75, 3.05) is 26.1 Å². The predicted molar refractivity (Wildman–Crippen MR) is 123 cm³/mol. The lowest BCUT2D eigenvalue weighted by Crippen LogP contribution is -2.09. The van der Waals surface area contributed by atoms with Crippen molar-refractivity contribution >= 4 is 23.5 Å². The molecule has 0 bridgehead atoms. The molecular formula is C26H23NO5. The molecule has 1 aliphatic rings. The van der Waals surface area contributed by atoms with Gasteiger partial charge in [-0.3, -0.25) is 4.79 Å². The molecule has 32 heavy (non-hydrogen) atoms. The molecule has 0 N–H and O–H groups in total. The molecule has 3 aromatic carbocycles. The molecule has 1 aliphatic heterocycles. The SMILES string of the molecule is COc1cccc(C(=O)Oc2ccc3c(c2C)O/C(=C\c2ccc(N(C)C)cc2)C3=O)c1. The smallest absolute Gasteiger partial charge is 0.343 e. The number of anilines is 1. The molecule has 3 aromatic rings. The maximum Gasteiger partial charge on any atom is 0.343 e. The van der Waals surface area contributed by atoms with Gasteiger partial charge in [-0.05, 0) is 61.0 Å². The second-order valence-electron chi connectivity index (χ2n) is 7.61. The summed E-state index contributed by atoms with van der Waals surface area (Å²) in [6.07, 6.45) is 1.71. The first-order valence-electron chi connectivity index (χ1n) is 10.1. The fourth-order valence-corrected chi connectivity index (χ4v) is 3.41. The van der Waals surface area contributed by atoms with E-state index < -0.39 is 5.97 Å². The zero-order valence-electron chi connectivity index (χ0n) is 18.3. The van der Waals surface area contributed by atoms with Crippen molar-refractivity contribution in [3.05, 3.63) is 88.7 Å². The summed E-state index contributed by atoms with van der Waals surface area (Å²) < 4.78 is 16.6. The summed E-state index contributed by atoms with van der Waals surface area (Å²) in [7, 11) is 5.47. The Morgan fingerprint density at radius 2 is 1.78 bits per heavy atom. The molecule has 0 fully saturated rings. The number of ether oxygens (including phenoxy) is 3. The number of benzene rings is 3. The van der Waals surface area contributed by atoms with E-state index in [0.29, 0.717) is 33.9 Å². The number of fused-ring (bicyclic) bond motifs is 1. The van der Waals surface area contributed by atoms with Gasteiger partial charge in [0.25, 0.3) is 0 Å². The molecule has 0 radical (unpaired) electrons. The van der Waals surface area contributed by atoms with E-state index in [0.717, 1.165) is 11.3 Å². The first-order chi connectivity index (χ1) is 15.4. The van der Waals surface area contributed by atoms with E-state index in [4.69, 9.17) is 14.2 Å². The van der Waals surface area contributed by atoms with Crippen LogP contribution in [-0.2, 0) is 0 Å². The zero-order chi connectivity index (χ0) is 22.8. The Balaban J connectivity index is 1.57. The topological polar surface area (TPSA) is 65.1 Å². The number of carbonyl (C=O) groups excluding carboxylic acids is 2. The van der Waals surface area contributed by atoms with Crippen molar-refractivity contribution in [1.29, 1.82) is 0 Å². The van der Waals surface area contributed by atoms with Crippen molar-refractivity contribution in [1.82, 2.24) is 0 Å². The van der Waals surface area contributed by atoms with Crippen LogP contribution in [0.4, 0.5) is 5.69 Å². The van der Waals surface area contributed by atoms with Crippen LogP contribution in [-0.4, -0.2) is 33.0 Å². The Morgan fingerprint density at radius 3 is 2.47 bits per heavy atom. The number of methoxy groups -OCH3 is 1. The minimum absolute atomic E-state index is 0.203. The van der Waals surface area contributed by atoms with Gasteiger partial charge in [-0.25, -0.2) is 4.79 Å². The third-order valence-electron chi connectivity index (χ3n) is 5.25. The highest BCUT2D eigenvalue weighted by Crippen LogP contribution is 2.39. The van der Waals surface area contributed by atoms with Gasteiger partial charge >= 0.3 is 5.97 Å². The lowest BCUT2D eigenvalue weighted by Gasteiger charge is -2.12. The van der Waals surface area contributed by atoms with Crippen molar-refractivity contribution < 1.29 is 23.8 Å². The number of rotatable bonds is 5. The van der Waals surface area contributed by atoms with Crippen LogP contribution in [0.15, 0.2) is 66.4 Å². The first-order valence-corrected chi connectivity index (χ1v) is 10.1. The van der Waals surface area contributed by atoms with Crippen LogP contribution in [0, 0.1) is 6.92 Å². The van der Waals surface area contributed by atoms with E-state index in [1.165, 1.54) is 7.11 Å². The predicted octanol–water partition coefficient (Wildman–Crippen LogP) is 4.91. The molecule has 1 heterocycles. The fraction of sp³-hybridized carbons (Fsp3) is 0.154. The summed E-state index contributed by atoms with van der Waals surface area (Å²) in [6, 6.07) is 17.8. The van der Waals surface area contributed by atoms with Crippen LogP contribution >= 0.6 is 0 Å². The first kappa shape index (κ1) is 21.2. The lowest BCUT2D eigenvalue weighted by molar-refractivity contribution is 0.0732. The highest BCUT2D eigenvalue weighted by atomic mass is 16.5. The molecule has 0 unspecified atom stereocenters. The quantitative estimate of drug-likeness (QED) is 0.326. The van der Waals surface area contributed by atoms with Gasteiger partial charge < -0.3 is 19.1 Å². The number of hydrogen-bond acceptors (Lipinski definition) is 6. The van der Waals surface area contributed by atoms with Gasteiger partial charge in [-0.2, -0.15) is 0 Å². The summed E-state index contributed by atoms with van der Waals surface area (Å²) in [5, 5.41) is 0. The number of nitrogens with zero attached hydrogens (tertiary/aromatic N) is 1. The Hall–Kier alpha value is -4.06. The largest absolute Gasteiger partial charge is 0.497 e. The average molecular weight is 429 g/mol. The summed E-state index contributed by atoms with van der Waals surface area (Å²) in [6.45, 7) is 1.76. The molecule has 0 saturated carbocycles. The Kier molecular flexibility index (Phi) is 5.69. The highest BCUT2D eigenvalue weighted by molar-refractivity contribution is 6.15. The minimum Gasteiger partial charge on any atom is -0.497 e. The van der Waals surface area contributed by atoms with Gasteiger partial charge in [0.2, 0.25) is 5.78 Å². The van der Waals surface area contributed by atoms with Crippen LogP contribution in [0.25, 0.3) is 6.08 Å². The summed E-state index contributed by atoms with van der Waals surface area (Å²) >= 11 is 0. The van der Waals surface area contributed by atoms with Crippen LogP contribution in [0.5, 0.6) is 17.2 Å². The molecule has 0 atom stereocenters. The number of ketones is 1. The van der Waals surface area contributed by atoms with E-state index in [1.807, 2.05) is 43.3 Å². The van der Waals surface area contributed by atoms with Crippen molar-refractivity contribution in [3.8, 4) is 17.2 Å². The van der Waals surface area contributed by atoms with Crippen molar-refractivity contribution in [3.63, 3.8) is 0 Å². The van der Waals surface area contributed by atoms with Crippen LogP contribution in [0.2, 0.25) is 0 Å². The molecular weight excluding hydrogens is 406 g/mol. The second-order valence-corrected chi connectivity index (χ2v) is 7.61. The fourth-order valence-electron chi connectivity index (χ4n) is 3.41. The zero-order valence-corrected chi connectivity index (χ0v) is 18.3. The van der Waals surface area contributed by atoms with E-state index in [9.17, 15) is 9.59 Å². The van der Waals surface area contributed by atoms with E-state index in [-0.39, 0.29) is 11.5 Å². The van der Waals surface area contributed by atoms with Gasteiger partial charge in [-0.15, -0.1) is 0 Å². The van der Waals surface area contributed by atoms with E-state index in [2.05, 4.69) is 0 Å². The molecule has 0 saturated heterocycles. The molecule has 4 rings (SSSR count). The van der Waals surface area contributed by atoms with Crippen molar-refractivity contribution in [2.45, 2.75) is 6.92 Å². The Bertz CT molecular complexity index is 1230. The van der Waals surface area contributed by atoms with Gasteiger partial charge in [0, 0.05) is 25.3 Å². The number of carbonyl (C=O) groups is 2. The van der Waals surface area contributed by atoms with Gasteiger partial charge in [-0.1, -0.05) is 18.2 Å². The van der Waals surface area contributed by atoms with E-state index >= 15 is 0 Å². The third-order valence-corrected chi connectivity index (χ3v) is 5.25. The Morgan fingerprint density at radius 1 is 1.03 bits per heavy atom. The number of Topliss-reactive ketones (excluding diaryl/α,β-unsaturated/α-hetero) is 1. The summed E-state index contributed by atoms with van der Waals surface area (Å²) in [4.78, 5) is 27.4. The van der Waals surface area contributed by atoms with Gasteiger partial charge in [0.15, 0.2) is 5.76 Å². The number of allylic oxidation sites excluding steroid dienone is 1. The monoisotopic (exact) mass is 429 g/mol. The maximum atomic E-state index is 12.8. The summed E-state index contributed by atoms with van der Waals surface area (Å²) in [5.74, 6) is 0.811. The second kappa shape index (κ2) is 8.59. The van der Waals surface area contributed by atoms with Crippen LogP contribution in [0.1, 0.15) is 31.8 Å². The number of esters is 1. The average Bonchev–Trinajstić information content (AvgIpc) is 3.12. The molecule has 0 aliphatic carbocycles. The third kappa shape index (κ3) is 4.07. The molecule has 0 spiro atoms. The van der Waals surface area contributed by atoms with Gasteiger partial charge in [0.1, 0.15) is 17.2 Å². The molecule has 6 nitrogen and oxygen atoms in total. The molecule has 162 valence electrons. The maximum absolute atomic E-state index is 12.8. The highest BCUT2D eigenvalue weighted by Gasteiger charge is 2.30. The summed E-state index contributed by atoms with van der Waals surface area (Å²) in [5.41, 5.74) is 3.31. The Labute approximate surface area is 186 Å². The standard InChI is InChI=1S/C26H23NO5/c1-16-22(32-26(29)18-6-5-7-20(15-18)30-4)13-12-21-24(28)23(31-25(16)21)14-17-8-10-19(11-9-17)27(2)3/h5-15H,1-4H3/b23-14-. The van der Waals surface area contributed by atoms with E-state index in [1.54, 1.807) is 49.4 Å². The molecule has 6 heteroatoms. The molecule has 0 aromatic heterocycles. The van der Waals surface area contributed by atoms with Crippen molar-refractivity contribution in [2.24, 2.45) is 0 Å². The van der Waals surface area contributed by atoms with Gasteiger partial charge in [0.05, 0.1) is 18.2 Å². The number of hydrogen-bond donors (Lipinski definition) is 0. The lowest BCUT2D eigenvalue weighted by atomic mass is 10.1. The van der Waals surface area contributed by atoms with Crippen LogP contribution < -0.4 is 19.1 Å². The normalized spacial score (nSPS) is 13.5. The molecule has 0 amide bonds. The minimum atomic E-state index is -0.520.